The summed E-state index contributed by atoms with van der Waals surface area (Å²) in [5, 5.41) is 3.16. The molecule has 17 heavy (non-hydrogen) atoms. The lowest BCUT2D eigenvalue weighted by Gasteiger charge is -2.17. The fraction of sp³-hybridized carbons (Fsp3) is 0.500. The predicted molar refractivity (Wildman–Crippen MR) is 70.6 cm³/mol. The Labute approximate surface area is 110 Å². The number of nitrogens with one attached hydrogen (secondary N) is 1. The number of ether oxygens (including phenoxy) is 1. The molecule has 0 heterocycles. The molecule has 0 aliphatic heterocycles. The van der Waals surface area contributed by atoms with Gasteiger partial charge in [0, 0.05) is 18.7 Å². The highest BCUT2D eigenvalue weighted by atomic mass is 79.9. The van der Waals surface area contributed by atoms with Crippen LogP contribution in [0.3, 0.4) is 0 Å². The highest BCUT2D eigenvalue weighted by Gasteiger charge is 2.13. The Morgan fingerprint density at radius 3 is 2.82 bits per heavy atom. The second-order valence-corrected chi connectivity index (χ2v) is 4.58. The monoisotopic (exact) mass is 304 g/mol. The van der Waals surface area contributed by atoms with Gasteiger partial charge in [0.15, 0.2) is 0 Å². The molecule has 0 unspecified atom stereocenters. The van der Waals surface area contributed by atoms with E-state index >= 15 is 0 Å². The SMILES string of the molecule is CCNCc1c(O[C@@H](C)CN)ccc(F)c1Br. The van der Waals surface area contributed by atoms with Crippen LogP contribution >= 0.6 is 15.9 Å². The topological polar surface area (TPSA) is 47.3 Å². The maximum atomic E-state index is 13.5. The van der Waals surface area contributed by atoms with Crippen LogP contribution in [-0.4, -0.2) is 19.2 Å². The molecular formula is C12H18BrFN2O. The third kappa shape index (κ3) is 3.94. The molecule has 0 spiro atoms. The third-order valence-electron chi connectivity index (χ3n) is 2.36. The van der Waals surface area contributed by atoms with Crippen molar-refractivity contribution in [2.75, 3.05) is 13.1 Å². The zero-order valence-corrected chi connectivity index (χ0v) is 11.7. The van der Waals surface area contributed by atoms with Crippen LogP contribution in [0.2, 0.25) is 0 Å². The van der Waals surface area contributed by atoms with Crippen molar-refractivity contribution in [3.63, 3.8) is 0 Å². The minimum absolute atomic E-state index is 0.0901. The van der Waals surface area contributed by atoms with Gasteiger partial charge in [-0.05, 0) is 41.5 Å². The van der Waals surface area contributed by atoms with Gasteiger partial charge in [-0.2, -0.15) is 0 Å². The Morgan fingerprint density at radius 1 is 1.53 bits per heavy atom. The van der Waals surface area contributed by atoms with Gasteiger partial charge in [0.05, 0.1) is 4.47 Å². The molecule has 1 rings (SSSR count). The summed E-state index contributed by atoms with van der Waals surface area (Å²) >= 11 is 3.25. The molecule has 5 heteroatoms. The molecule has 0 aliphatic rings. The standard InChI is InChI=1S/C12H18BrFN2O/c1-3-16-7-9-11(17-8(2)6-15)5-4-10(14)12(9)13/h4-5,8,16H,3,6-7,15H2,1-2H3/t8-/m0/s1. The van der Waals surface area contributed by atoms with E-state index in [1.165, 1.54) is 6.07 Å². The third-order valence-corrected chi connectivity index (χ3v) is 3.22. The first-order valence-electron chi connectivity index (χ1n) is 5.64. The second-order valence-electron chi connectivity index (χ2n) is 3.78. The van der Waals surface area contributed by atoms with Crippen molar-refractivity contribution in [1.29, 1.82) is 0 Å². The zero-order chi connectivity index (χ0) is 12.8. The molecule has 0 radical (unpaired) electrons. The average molecular weight is 305 g/mol. The molecule has 0 fully saturated rings. The zero-order valence-electron chi connectivity index (χ0n) is 10.1. The molecule has 0 bridgehead atoms. The number of nitrogens with two attached hydrogens (primary N) is 1. The molecule has 3 nitrogen and oxygen atoms in total. The summed E-state index contributed by atoms with van der Waals surface area (Å²) in [6.45, 7) is 5.68. The molecule has 0 amide bonds. The van der Waals surface area contributed by atoms with Gasteiger partial charge >= 0.3 is 0 Å². The first kappa shape index (κ1) is 14.4. The lowest BCUT2D eigenvalue weighted by Crippen LogP contribution is -2.24. The van der Waals surface area contributed by atoms with Crippen molar-refractivity contribution < 1.29 is 9.13 Å². The Kier molecular flexibility index (Phi) is 5.88. The first-order chi connectivity index (χ1) is 8.10. The Bertz CT molecular complexity index is 374. The van der Waals surface area contributed by atoms with E-state index in [1.54, 1.807) is 6.07 Å². The molecule has 1 atom stereocenters. The number of hydrogen-bond acceptors (Lipinski definition) is 3. The molecule has 96 valence electrons. The van der Waals surface area contributed by atoms with Gasteiger partial charge in [0.25, 0.3) is 0 Å². The molecule has 1 aromatic carbocycles. The van der Waals surface area contributed by atoms with E-state index in [-0.39, 0.29) is 11.9 Å². The smallest absolute Gasteiger partial charge is 0.137 e. The van der Waals surface area contributed by atoms with Gasteiger partial charge in [-0.15, -0.1) is 0 Å². The van der Waals surface area contributed by atoms with E-state index in [1.807, 2.05) is 13.8 Å². The first-order valence-corrected chi connectivity index (χ1v) is 6.43. The fourth-order valence-corrected chi connectivity index (χ4v) is 1.83. The van der Waals surface area contributed by atoms with E-state index in [0.29, 0.717) is 23.3 Å². The van der Waals surface area contributed by atoms with Crippen LogP contribution < -0.4 is 15.8 Å². The van der Waals surface area contributed by atoms with Crippen molar-refractivity contribution >= 4 is 15.9 Å². The van der Waals surface area contributed by atoms with Crippen LogP contribution in [0.15, 0.2) is 16.6 Å². The van der Waals surface area contributed by atoms with Crippen LogP contribution in [0.25, 0.3) is 0 Å². The van der Waals surface area contributed by atoms with E-state index in [2.05, 4.69) is 21.2 Å². The Balaban J connectivity index is 2.97. The van der Waals surface area contributed by atoms with E-state index in [9.17, 15) is 4.39 Å². The molecular weight excluding hydrogens is 287 g/mol. The molecule has 0 aliphatic carbocycles. The van der Waals surface area contributed by atoms with Crippen molar-refractivity contribution in [3.05, 3.63) is 28.0 Å². The summed E-state index contributed by atoms with van der Waals surface area (Å²) in [6.07, 6.45) is -0.0901. The molecule has 0 saturated heterocycles. The number of rotatable bonds is 6. The van der Waals surface area contributed by atoms with Crippen LogP contribution in [0.5, 0.6) is 5.75 Å². The molecule has 0 aromatic heterocycles. The van der Waals surface area contributed by atoms with Crippen molar-refractivity contribution in [1.82, 2.24) is 5.32 Å². The van der Waals surface area contributed by atoms with E-state index < -0.39 is 0 Å². The lowest BCUT2D eigenvalue weighted by molar-refractivity contribution is 0.226. The summed E-state index contributed by atoms with van der Waals surface area (Å²) in [7, 11) is 0. The van der Waals surface area contributed by atoms with Gasteiger partial charge in [0.2, 0.25) is 0 Å². The van der Waals surface area contributed by atoms with Gasteiger partial charge in [0.1, 0.15) is 17.7 Å². The lowest BCUT2D eigenvalue weighted by atomic mass is 10.2. The van der Waals surface area contributed by atoms with Gasteiger partial charge in [-0.25, -0.2) is 4.39 Å². The van der Waals surface area contributed by atoms with E-state index in [4.69, 9.17) is 10.5 Å². The van der Waals surface area contributed by atoms with Crippen LogP contribution in [-0.2, 0) is 6.54 Å². The second kappa shape index (κ2) is 6.93. The summed E-state index contributed by atoms with van der Waals surface area (Å²) in [5.74, 6) is 0.378. The summed E-state index contributed by atoms with van der Waals surface area (Å²) < 4.78 is 19.6. The van der Waals surface area contributed by atoms with Crippen LogP contribution in [0, 0.1) is 5.82 Å². The minimum atomic E-state index is -0.286. The maximum absolute atomic E-state index is 13.5. The van der Waals surface area contributed by atoms with Crippen LogP contribution in [0.4, 0.5) is 4.39 Å². The highest BCUT2D eigenvalue weighted by Crippen LogP contribution is 2.30. The quantitative estimate of drug-likeness (QED) is 0.848. The molecule has 0 saturated carbocycles. The highest BCUT2D eigenvalue weighted by molar-refractivity contribution is 9.10. The maximum Gasteiger partial charge on any atom is 0.137 e. The Hall–Kier alpha value is -0.650. The summed E-state index contributed by atoms with van der Waals surface area (Å²) in [6, 6.07) is 3.02. The van der Waals surface area contributed by atoms with Crippen molar-refractivity contribution in [3.8, 4) is 5.75 Å². The minimum Gasteiger partial charge on any atom is -0.489 e. The van der Waals surface area contributed by atoms with Crippen molar-refractivity contribution in [2.24, 2.45) is 5.73 Å². The number of benzene rings is 1. The molecule has 3 N–H and O–H groups in total. The average Bonchev–Trinajstić information content (AvgIpc) is 2.33. The van der Waals surface area contributed by atoms with Gasteiger partial charge in [-0.3, -0.25) is 0 Å². The van der Waals surface area contributed by atoms with Gasteiger partial charge < -0.3 is 15.8 Å². The summed E-state index contributed by atoms with van der Waals surface area (Å²) in [4.78, 5) is 0. The predicted octanol–water partition coefficient (Wildman–Crippen LogP) is 2.42. The van der Waals surface area contributed by atoms with E-state index in [0.717, 1.165) is 12.1 Å². The van der Waals surface area contributed by atoms with Crippen LogP contribution in [0.1, 0.15) is 19.4 Å². The number of halogens is 2. The largest absolute Gasteiger partial charge is 0.489 e. The Morgan fingerprint density at radius 2 is 2.24 bits per heavy atom. The van der Waals surface area contributed by atoms with Gasteiger partial charge in [-0.1, -0.05) is 6.92 Å². The normalized spacial score (nSPS) is 12.5. The fourth-order valence-electron chi connectivity index (χ4n) is 1.36. The summed E-state index contributed by atoms with van der Waals surface area (Å²) in [5.41, 5.74) is 6.30. The molecule has 1 aromatic rings. The van der Waals surface area contributed by atoms with Crippen molar-refractivity contribution in [2.45, 2.75) is 26.5 Å². The number of hydrogen-bond donors (Lipinski definition) is 2.